The standard InChI is InChI=1S/C10H18O.C10H18.C9H16O.C9H16/c1-4-5-8-6-9(7-11)10(8,2)3;1-5-8-7-9(6-2)10(8,3)4;1-4-7-5-8(6-10)9(7,2)3;1-5-8-6-7(2)9(8,3)4/h5,9,11H,4,6-7H2,1-3H3;5,8-9H,1,6-7H2,2-4H3;4,7-8,10H,1,5-6H2,2-3H3;8H,2,5-6H2,1,3-4H3/b8-5+;;;. The topological polar surface area (TPSA) is 40.5 Å². The Bertz CT molecular complexity index is 821. The van der Waals surface area contributed by atoms with Crippen molar-refractivity contribution < 1.29 is 10.2 Å². The van der Waals surface area contributed by atoms with Gasteiger partial charge < -0.3 is 10.2 Å². The summed E-state index contributed by atoms with van der Waals surface area (Å²) in [6.07, 6.45) is 15.0. The number of aliphatic hydroxyl groups excluding tert-OH is 2. The first-order chi connectivity index (χ1) is 18.5. The molecule has 2 N–H and O–H groups in total. The van der Waals surface area contributed by atoms with Crippen LogP contribution in [0.25, 0.3) is 0 Å². The van der Waals surface area contributed by atoms with Gasteiger partial charge >= 0.3 is 0 Å². The van der Waals surface area contributed by atoms with Crippen molar-refractivity contribution in [3.8, 4) is 0 Å². The fraction of sp³-hybridized carbons (Fsp3) is 0.789. The lowest BCUT2D eigenvalue weighted by atomic mass is 9.54. The molecule has 2 heteroatoms. The molecular formula is C38H68O2. The molecule has 0 amide bonds. The second-order valence-corrected chi connectivity index (χ2v) is 15.4. The predicted octanol–water partition coefficient (Wildman–Crippen LogP) is 10.4. The second kappa shape index (κ2) is 14.9. The van der Waals surface area contributed by atoms with Crippen LogP contribution in [0.15, 0.2) is 49.1 Å². The lowest BCUT2D eigenvalue weighted by Gasteiger charge is -2.51. The third-order valence-corrected chi connectivity index (χ3v) is 12.3. The van der Waals surface area contributed by atoms with E-state index in [1.54, 1.807) is 0 Å². The van der Waals surface area contributed by atoms with Gasteiger partial charge in [-0.3, -0.25) is 0 Å². The molecule has 6 atom stereocenters. The van der Waals surface area contributed by atoms with Crippen LogP contribution in [0.4, 0.5) is 0 Å². The molecule has 0 saturated heterocycles. The molecule has 0 aliphatic heterocycles. The third-order valence-electron chi connectivity index (χ3n) is 12.3. The lowest BCUT2D eigenvalue weighted by molar-refractivity contribution is -0.0258. The van der Waals surface area contributed by atoms with Gasteiger partial charge in [0.1, 0.15) is 0 Å². The molecule has 6 unspecified atom stereocenters. The summed E-state index contributed by atoms with van der Waals surface area (Å²) in [6, 6.07) is 0. The highest BCUT2D eigenvalue weighted by Gasteiger charge is 2.46. The van der Waals surface area contributed by atoms with E-state index in [0.29, 0.717) is 41.8 Å². The van der Waals surface area contributed by atoms with Gasteiger partial charge in [0, 0.05) is 13.2 Å². The van der Waals surface area contributed by atoms with E-state index in [1.807, 2.05) is 6.08 Å². The molecule has 0 aromatic rings. The summed E-state index contributed by atoms with van der Waals surface area (Å²) in [6.45, 7) is 37.2. The lowest BCUT2D eigenvalue weighted by Crippen LogP contribution is -2.45. The number of allylic oxidation sites excluding steroid dienone is 5. The molecule has 4 fully saturated rings. The summed E-state index contributed by atoms with van der Waals surface area (Å²) < 4.78 is 0. The molecule has 0 spiro atoms. The maximum atomic E-state index is 8.98. The smallest absolute Gasteiger partial charge is 0.0470 e. The Morgan fingerprint density at radius 1 is 0.675 bits per heavy atom. The fourth-order valence-electron chi connectivity index (χ4n) is 7.34. The molecule has 4 saturated carbocycles. The highest BCUT2D eigenvalue weighted by Crippen LogP contribution is 2.54. The highest BCUT2D eigenvalue weighted by molar-refractivity contribution is 5.24. The van der Waals surface area contributed by atoms with Gasteiger partial charge in [0.15, 0.2) is 0 Å². The molecule has 0 aromatic carbocycles. The minimum absolute atomic E-state index is 0.269. The zero-order chi connectivity index (χ0) is 31.1. The molecule has 4 aliphatic carbocycles. The molecule has 2 nitrogen and oxygen atoms in total. The van der Waals surface area contributed by atoms with E-state index in [0.717, 1.165) is 37.0 Å². The number of hydrogen-bond donors (Lipinski definition) is 2. The van der Waals surface area contributed by atoms with E-state index in [-0.39, 0.29) is 10.8 Å². The van der Waals surface area contributed by atoms with Crippen molar-refractivity contribution in [2.75, 3.05) is 13.2 Å². The molecule has 4 aliphatic rings. The van der Waals surface area contributed by atoms with Gasteiger partial charge in [0.2, 0.25) is 0 Å². The van der Waals surface area contributed by atoms with E-state index in [4.69, 9.17) is 10.2 Å². The highest BCUT2D eigenvalue weighted by atomic mass is 16.3. The van der Waals surface area contributed by atoms with Gasteiger partial charge in [-0.1, -0.05) is 125 Å². The number of aliphatic hydroxyl groups is 2. The van der Waals surface area contributed by atoms with Crippen LogP contribution in [-0.4, -0.2) is 23.4 Å². The van der Waals surface area contributed by atoms with Gasteiger partial charge in [-0.2, -0.15) is 0 Å². The predicted molar refractivity (Wildman–Crippen MR) is 177 cm³/mol. The third kappa shape index (κ3) is 7.83. The van der Waals surface area contributed by atoms with Crippen LogP contribution in [0, 0.1) is 57.2 Å². The maximum Gasteiger partial charge on any atom is 0.0470 e. The molecule has 0 bridgehead atoms. The van der Waals surface area contributed by atoms with E-state index in [9.17, 15) is 0 Å². The Labute approximate surface area is 250 Å². The molecule has 4 rings (SSSR count). The van der Waals surface area contributed by atoms with Crippen LogP contribution in [0.5, 0.6) is 0 Å². The SMILES string of the molecule is C=C1CC(CC)C1(C)C.C=CC1CC(CC)C1(C)C.C=CC1CC(CO)C1(C)C.CC/C=C1\CC(CO)C1(C)C. The Hall–Kier alpha value is -1.12. The van der Waals surface area contributed by atoms with Crippen molar-refractivity contribution in [3.63, 3.8) is 0 Å². The second-order valence-electron chi connectivity index (χ2n) is 15.4. The first-order valence-corrected chi connectivity index (χ1v) is 16.3. The van der Waals surface area contributed by atoms with Crippen molar-refractivity contribution in [2.24, 2.45) is 57.2 Å². The van der Waals surface area contributed by atoms with Crippen molar-refractivity contribution in [2.45, 2.75) is 121 Å². The molecule has 0 radical (unpaired) electrons. The summed E-state index contributed by atoms with van der Waals surface area (Å²) in [5.41, 5.74) is 4.51. The van der Waals surface area contributed by atoms with Crippen molar-refractivity contribution in [1.82, 2.24) is 0 Å². The molecule has 0 aromatic heterocycles. The summed E-state index contributed by atoms with van der Waals surface area (Å²) >= 11 is 0. The van der Waals surface area contributed by atoms with Crippen LogP contribution >= 0.6 is 0 Å². The molecular weight excluding hydrogens is 488 g/mol. The summed E-state index contributed by atoms with van der Waals surface area (Å²) in [7, 11) is 0. The minimum Gasteiger partial charge on any atom is -0.396 e. The Balaban J connectivity index is 0.000000267. The van der Waals surface area contributed by atoms with Crippen LogP contribution < -0.4 is 0 Å². The zero-order valence-electron chi connectivity index (χ0n) is 28.6. The van der Waals surface area contributed by atoms with Gasteiger partial charge in [0.05, 0.1) is 0 Å². The fourth-order valence-corrected chi connectivity index (χ4v) is 7.34. The first kappa shape index (κ1) is 36.9. The van der Waals surface area contributed by atoms with E-state index >= 15 is 0 Å². The zero-order valence-corrected chi connectivity index (χ0v) is 28.6. The summed E-state index contributed by atoms with van der Waals surface area (Å²) in [4.78, 5) is 0. The van der Waals surface area contributed by atoms with Crippen LogP contribution in [0.3, 0.4) is 0 Å². The van der Waals surface area contributed by atoms with E-state index in [2.05, 4.69) is 108 Å². The molecule has 0 heterocycles. The summed E-state index contributed by atoms with van der Waals surface area (Å²) in [5.74, 6) is 4.23. The number of hydrogen-bond acceptors (Lipinski definition) is 2. The van der Waals surface area contributed by atoms with E-state index < -0.39 is 0 Å². The van der Waals surface area contributed by atoms with Gasteiger partial charge in [-0.25, -0.2) is 0 Å². The Kier molecular flexibility index (Phi) is 13.7. The van der Waals surface area contributed by atoms with Crippen molar-refractivity contribution in [3.05, 3.63) is 49.1 Å². The van der Waals surface area contributed by atoms with E-state index in [1.165, 1.54) is 36.8 Å². The summed E-state index contributed by atoms with van der Waals surface area (Å²) in [5, 5.41) is 17.9. The van der Waals surface area contributed by atoms with Gasteiger partial charge in [-0.05, 0) is 89.3 Å². The largest absolute Gasteiger partial charge is 0.396 e. The molecule has 40 heavy (non-hydrogen) atoms. The number of rotatable bonds is 7. The Morgan fingerprint density at radius 2 is 1.12 bits per heavy atom. The normalized spacial score (nSPS) is 34.3. The van der Waals surface area contributed by atoms with Gasteiger partial charge in [0.25, 0.3) is 0 Å². The van der Waals surface area contributed by atoms with Crippen molar-refractivity contribution >= 4 is 0 Å². The maximum absolute atomic E-state index is 8.98. The Morgan fingerprint density at radius 3 is 1.38 bits per heavy atom. The molecule has 232 valence electrons. The van der Waals surface area contributed by atoms with Crippen LogP contribution in [0.1, 0.15) is 121 Å². The monoisotopic (exact) mass is 557 g/mol. The quantitative estimate of drug-likeness (QED) is 0.306. The van der Waals surface area contributed by atoms with Crippen LogP contribution in [0.2, 0.25) is 0 Å². The minimum atomic E-state index is 0.269. The van der Waals surface area contributed by atoms with Crippen LogP contribution in [-0.2, 0) is 0 Å². The van der Waals surface area contributed by atoms with Gasteiger partial charge in [-0.15, -0.1) is 13.2 Å². The first-order valence-electron chi connectivity index (χ1n) is 16.3. The average Bonchev–Trinajstić information content (AvgIpc) is 2.90. The average molecular weight is 557 g/mol. The van der Waals surface area contributed by atoms with Crippen molar-refractivity contribution in [1.29, 1.82) is 0 Å².